The summed E-state index contributed by atoms with van der Waals surface area (Å²) < 4.78 is 0.981. The lowest BCUT2D eigenvalue weighted by molar-refractivity contribution is -0.140. The normalized spacial score (nSPS) is 13.6. The predicted molar refractivity (Wildman–Crippen MR) is 82.9 cm³/mol. The molecule has 0 aliphatic heterocycles. The van der Waals surface area contributed by atoms with Crippen LogP contribution in [0.25, 0.3) is 0 Å². The first kappa shape index (κ1) is 17.0. The number of aliphatic carboxylic acids is 1. The number of nitrogens with one attached hydrogen (secondary N) is 1. The van der Waals surface area contributed by atoms with E-state index in [1.807, 2.05) is 25.3 Å². The predicted octanol–water partition coefficient (Wildman–Crippen LogP) is 3.15. The van der Waals surface area contributed by atoms with E-state index < -0.39 is 12.0 Å². The second-order valence-electron chi connectivity index (χ2n) is 4.74. The van der Waals surface area contributed by atoms with E-state index >= 15 is 0 Å². The second-order valence-corrected chi connectivity index (χ2v) is 6.65. The average molecular weight is 363 g/mol. The van der Waals surface area contributed by atoms with Crippen molar-refractivity contribution in [3.05, 3.63) is 20.8 Å². The smallest absolute Gasteiger partial charge is 0.326 e. The molecule has 1 rings (SSSR count). The summed E-state index contributed by atoms with van der Waals surface area (Å²) in [6.07, 6.45) is 0.693. The highest BCUT2D eigenvalue weighted by Gasteiger charge is 2.26. The number of hydrogen-bond donors (Lipinski definition) is 2. The molecule has 0 aromatic carbocycles. The van der Waals surface area contributed by atoms with Crippen LogP contribution < -0.4 is 5.32 Å². The molecule has 20 heavy (non-hydrogen) atoms. The van der Waals surface area contributed by atoms with Crippen LogP contribution in [-0.2, 0) is 11.3 Å². The first-order valence-electron chi connectivity index (χ1n) is 6.32. The number of amides is 2. The zero-order valence-corrected chi connectivity index (χ0v) is 14.1. The Hall–Kier alpha value is -1.08. The molecule has 0 aliphatic rings. The number of nitrogens with zero attached hydrogens (tertiary/aromatic N) is 1. The Morgan fingerprint density at radius 1 is 1.55 bits per heavy atom. The van der Waals surface area contributed by atoms with E-state index in [9.17, 15) is 9.59 Å². The lowest BCUT2D eigenvalue weighted by Gasteiger charge is -2.24. The zero-order valence-electron chi connectivity index (χ0n) is 11.7. The van der Waals surface area contributed by atoms with Gasteiger partial charge in [-0.2, -0.15) is 0 Å². The van der Waals surface area contributed by atoms with Crippen molar-refractivity contribution in [1.29, 1.82) is 0 Å². The van der Waals surface area contributed by atoms with E-state index in [-0.39, 0.29) is 11.9 Å². The Labute approximate surface area is 131 Å². The van der Waals surface area contributed by atoms with Crippen LogP contribution >= 0.6 is 27.3 Å². The Bertz CT molecular complexity index is 478. The third-order valence-electron chi connectivity index (χ3n) is 3.12. The van der Waals surface area contributed by atoms with Gasteiger partial charge in [0, 0.05) is 21.8 Å². The fourth-order valence-electron chi connectivity index (χ4n) is 1.67. The van der Waals surface area contributed by atoms with Gasteiger partial charge in [0.25, 0.3) is 0 Å². The number of urea groups is 1. The molecule has 0 spiro atoms. The third-order valence-corrected chi connectivity index (χ3v) is 4.80. The molecule has 2 N–H and O–H groups in total. The molecule has 7 heteroatoms. The van der Waals surface area contributed by atoms with Gasteiger partial charge in [-0.3, -0.25) is 0 Å². The van der Waals surface area contributed by atoms with Crippen molar-refractivity contribution in [2.75, 3.05) is 7.05 Å². The minimum absolute atomic E-state index is 0.110. The Morgan fingerprint density at radius 3 is 2.65 bits per heavy atom. The summed E-state index contributed by atoms with van der Waals surface area (Å²) in [6, 6.07) is 0.713. The lowest BCUT2D eigenvalue weighted by atomic mass is 9.99. The van der Waals surface area contributed by atoms with Gasteiger partial charge in [-0.15, -0.1) is 11.3 Å². The fraction of sp³-hybridized carbons (Fsp3) is 0.538. The Balaban J connectivity index is 2.61. The van der Waals surface area contributed by atoms with Gasteiger partial charge in [0.2, 0.25) is 0 Å². The molecule has 0 saturated heterocycles. The van der Waals surface area contributed by atoms with Gasteiger partial charge in [-0.1, -0.05) is 20.3 Å². The molecule has 112 valence electrons. The maximum Gasteiger partial charge on any atom is 0.326 e. The molecule has 0 bridgehead atoms. The summed E-state index contributed by atoms with van der Waals surface area (Å²) in [4.78, 5) is 25.7. The molecule has 0 saturated carbocycles. The summed E-state index contributed by atoms with van der Waals surface area (Å²) in [7, 11) is 1.65. The van der Waals surface area contributed by atoms with Gasteiger partial charge in [-0.05, 0) is 27.9 Å². The molecule has 2 amide bonds. The van der Waals surface area contributed by atoms with Crippen LogP contribution in [0.5, 0.6) is 0 Å². The number of carboxylic acids is 1. The molecule has 0 unspecified atom stereocenters. The molecule has 5 nitrogen and oxygen atoms in total. The van der Waals surface area contributed by atoms with Crippen molar-refractivity contribution in [2.24, 2.45) is 5.92 Å². The van der Waals surface area contributed by atoms with Gasteiger partial charge in [0.15, 0.2) is 0 Å². The topological polar surface area (TPSA) is 69.6 Å². The van der Waals surface area contributed by atoms with Crippen molar-refractivity contribution in [1.82, 2.24) is 10.2 Å². The largest absolute Gasteiger partial charge is 0.480 e. The zero-order chi connectivity index (χ0) is 15.3. The highest BCUT2D eigenvalue weighted by molar-refractivity contribution is 9.10. The van der Waals surface area contributed by atoms with Gasteiger partial charge in [0.05, 0.1) is 6.54 Å². The Kier molecular flexibility index (Phi) is 6.48. The molecular weight excluding hydrogens is 344 g/mol. The van der Waals surface area contributed by atoms with Crippen molar-refractivity contribution in [3.63, 3.8) is 0 Å². The van der Waals surface area contributed by atoms with E-state index in [4.69, 9.17) is 5.11 Å². The van der Waals surface area contributed by atoms with E-state index in [1.165, 1.54) is 4.90 Å². The molecule has 1 aromatic heterocycles. The highest BCUT2D eigenvalue weighted by Crippen LogP contribution is 2.20. The number of hydrogen-bond acceptors (Lipinski definition) is 3. The molecule has 1 heterocycles. The summed E-state index contributed by atoms with van der Waals surface area (Å²) in [6.45, 7) is 4.17. The van der Waals surface area contributed by atoms with Gasteiger partial charge >= 0.3 is 12.0 Å². The SMILES string of the molecule is CC[C@H](C)[C@H](NC(=O)N(C)Cc1cc(Br)cs1)C(=O)O. The number of carbonyl (C=O) groups is 2. The van der Waals surface area contributed by atoms with Gasteiger partial charge < -0.3 is 15.3 Å². The maximum absolute atomic E-state index is 12.0. The molecule has 0 aliphatic carbocycles. The molecular formula is C13H19BrN2O3S. The molecule has 1 aromatic rings. The van der Waals surface area contributed by atoms with Crippen LogP contribution in [-0.4, -0.2) is 35.1 Å². The van der Waals surface area contributed by atoms with E-state index in [0.717, 1.165) is 9.35 Å². The highest BCUT2D eigenvalue weighted by atomic mass is 79.9. The van der Waals surface area contributed by atoms with Crippen LogP contribution in [0.2, 0.25) is 0 Å². The van der Waals surface area contributed by atoms with E-state index in [0.29, 0.717) is 13.0 Å². The first-order valence-corrected chi connectivity index (χ1v) is 7.99. The van der Waals surface area contributed by atoms with Crippen molar-refractivity contribution >= 4 is 39.3 Å². The van der Waals surface area contributed by atoms with Crippen LogP contribution in [0.15, 0.2) is 15.9 Å². The van der Waals surface area contributed by atoms with E-state index in [1.54, 1.807) is 18.4 Å². The van der Waals surface area contributed by atoms with Gasteiger partial charge in [-0.25, -0.2) is 9.59 Å². The maximum atomic E-state index is 12.0. The number of rotatable bonds is 6. The first-order chi connectivity index (χ1) is 9.35. The van der Waals surface area contributed by atoms with Crippen LogP contribution in [0, 0.1) is 5.92 Å². The van der Waals surface area contributed by atoms with E-state index in [2.05, 4.69) is 21.2 Å². The summed E-state index contributed by atoms with van der Waals surface area (Å²) >= 11 is 4.91. The van der Waals surface area contributed by atoms with Crippen molar-refractivity contribution < 1.29 is 14.7 Å². The summed E-state index contributed by atoms with van der Waals surface area (Å²) in [5.41, 5.74) is 0. The van der Waals surface area contributed by atoms with Crippen LogP contribution in [0.1, 0.15) is 25.1 Å². The number of halogens is 1. The summed E-state index contributed by atoms with van der Waals surface area (Å²) in [5.74, 6) is -1.11. The minimum atomic E-state index is -1.00. The van der Waals surface area contributed by atoms with Crippen LogP contribution in [0.4, 0.5) is 4.79 Å². The quantitative estimate of drug-likeness (QED) is 0.816. The Morgan fingerprint density at radius 2 is 2.20 bits per heavy atom. The second kappa shape index (κ2) is 7.64. The van der Waals surface area contributed by atoms with Gasteiger partial charge in [0.1, 0.15) is 6.04 Å². The standard InChI is InChI=1S/C13H19BrN2O3S/c1-4-8(2)11(12(17)18)15-13(19)16(3)6-10-5-9(14)7-20-10/h5,7-8,11H,4,6H2,1-3H3,(H,15,19)(H,17,18)/t8-,11-/m0/s1. The third kappa shape index (κ3) is 4.79. The number of carboxylic acid groups (broad SMARTS) is 1. The number of carbonyl (C=O) groups excluding carboxylic acids is 1. The average Bonchev–Trinajstić information content (AvgIpc) is 2.79. The molecule has 0 fully saturated rings. The minimum Gasteiger partial charge on any atom is -0.480 e. The lowest BCUT2D eigenvalue weighted by Crippen LogP contribution is -2.49. The van der Waals surface area contributed by atoms with Crippen molar-refractivity contribution in [2.45, 2.75) is 32.9 Å². The molecule has 2 atom stereocenters. The number of thiophene rings is 1. The molecule has 0 radical (unpaired) electrons. The monoisotopic (exact) mass is 362 g/mol. The van der Waals surface area contributed by atoms with Crippen molar-refractivity contribution in [3.8, 4) is 0 Å². The summed E-state index contributed by atoms with van der Waals surface area (Å²) in [5, 5.41) is 13.7. The fourth-order valence-corrected chi connectivity index (χ4v) is 3.17. The van der Waals surface area contributed by atoms with Crippen LogP contribution in [0.3, 0.4) is 0 Å².